The summed E-state index contributed by atoms with van der Waals surface area (Å²) in [5, 5.41) is 54.5. The van der Waals surface area contributed by atoms with Crippen LogP contribution in [0.25, 0.3) is 0 Å². The third-order valence-corrected chi connectivity index (χ3v) is 6.77. The van der Waals surface area contributed by atoms with Crippen LogP contribution in [-0.4, -0.2) is 62.5 Å². The number of phenols is 1. The van der Waals surface area contributed by atoms with Gasteiger partial charge in [0.05, 0.1) is 6.61 Å². The number of ether oxygens (including phenoxy) is 1. The van der Waals surface area contributed by atoms with Gasteiger partial charge in [-0.1, -0.05) is 54.6 Å². The Morgan fingerprint density at radius 2 is 1.56 bits per heavy atom. The van der Waals surface area contributed by atoms with E-state index >= 15 is 0 Å². The third-order valence-electron chi connectivity index (χ3n) is 6.77. The quantitative estimate of drug-likeness (QED) is 0.342. The number of carbonyl (C=O) groups is 1. The molecule has 1 amide bonds. The second kappa shape index (κ2) is 8.50. The first-order valence-electron chi connectivity index (χ1n) is 11.0. The van der Waals surface area contributed by atoms with Crippen molar-refractivity contribution in [1.82, 2.24) is 0 Å². The molecule has 6 N–H and O–H groups in total. The van der Waals surface area contributed by atoms with Gasteiger partial charge in [-0.25, -0.2) is 0 Å². The molecule has 6 atom stereocenters. The topological polar surface area (TPSA) is 139 Å². The largest absolute Gasteiger partial charge is 0.508 e. The molecule has 2 aliphatic rings. The first kappa shape index (κ1) is 22.5. The van der Waals surface area contributed by atoms with Crippen molar-refractivity contribution in [3.05, 3.63) is 95.1 Å². The van der Waals surface area contributed by atoms with E-state index in [1.165, 1.54) is 12.1 Å². The maximum atomic E-state index is 13.6. The average Bonchev–Trinajstić information content (AvgIpc) is 3.16. The number of aliphatic hydroxyl groups excluding tert-OH is 4. The van der Waals surface area contributed by atoms with E-state index in [0.717, 1.165) is 0 Å². The van der Waals surface area contributed by atoms with E-state index in [1.807, 2.05) is 48.5 Å². The Morgan fingerprint density at radius 1 is 0.853 bits per heavy atom. The lowest BCUT2D eigenvalue weighted by Crippen LogP contribution is -2.55. The molecule has 1 saturated heterocycles. The second-order valence-corrected chi connectivity index (χ2v) is 8.64. The number of para-hydroxylation sites is 1. The van der Waals surface area contributed by atoms with Crippen molar-refractivity contribution in [2.45, 2.75) is 35.9 Å². The molecule has 0 radical (unpaired) electrons. The van der Waals surface area contributed by atoms with Gasteiger partial charge in [-0.05, 0) is 29.3 Å². The number of amides is 1. The summed E-state index contributed by atoms with van der Waals surface area (Å²) in [7, 11) is 0. The minimum Gasteiger partial charge on any atom is -0.508 e. The van der Waals surface area contributed by atoms with Crippen LogP contribution in [0.2, 0.25) is 0 Å². The summed E-state index contributed by atoms with van der Waals surface area (Å²) >= 11 is 0. The van der Waals surface area contributed by atoms with Gasteiger partial charge in [-0.15, -0.1) is 0 Å². The van der Waals surface area contributed by atoms with E-state index in [9.17, 15) is 30.3 Å². The third kappa shape index (κ3) is 3.23. The Morgan fingerprint density at radius 3 is 2.29 bits per heavy atom. The zero-order valence-electron chi connectivity index (χ0n) is 18.1. The fraction of sp³-hybridized carbons (Fsp3) is 0.269. The van der Waals surface area contributed by atoms with E-state index in [4.69, 9.17) is 4.74 Å². The zero-order valence-corrected chi connectivity index (χ0v) is 18.1. The molecule has 3 aromatic rings. The summed E-state index contributed by atoms with van der Waals surface area (Å²) in [6.45, 7) is -0.559. The molecular formula is C26H25NO7. The van der Waals surface area contributed by atoms with Crippen molar-refractivity contribution in [2.75, 3.05) is 11.9 Å². The van der Waals surface area contributed by atoms with Crippen molar-refractivity contribution in [2.24, 2.45) is 0 Å². The number of hydrogen-bond donors (Lipinski definition) is 6. The number of nitrogens with one attached hydrogen (secondary N) is 1. The van der Waals surface area contributed by atoms with Gasteiger partial charge in [0.1, 0.15) is 41.7 Å². The van der Waals surface area contributed by atoms with Gasteiger partial charge < -0.3 is 35.6 Å². The fourth-order valence-corrected chi connectivity index (χ4v) is 5.06. The van der Waals surface area contributed by atoms with Gasteiger partial charge in [0.2, 0.25) is 5.91 Å². The number of hydrogen-bond acceptors (Lipinski definition) is 7. The van der Waals surface area contributed by atoms with E-state index < -0.39 is 42.5 Å². The molecule has 0 spiro atoms. The smallest absolute Gasteiger partial charge is 0.244 e. The minimum atomic E-state index is -1.55. The molecule has 3 aromatic carbocycles. The van der Waals surface area contributed by atoms with Crippen molar-refractivity contribution >= 4 is 11.6 Å². The molecule has 2 aliphatic heterocycles. The molecule has 2 heterocycles. The lowest BCUT2D eigenvalue weighted by Gasteiger charge is -2.40. The lowest BCUT2D eigenvalue weighted by atomic mass is 9.69. The highest BCUT2D eigenvalue weighted by atomic mass is 16.5. The number of rotatable bonds is 4. The van der Waals surface area contributed by atoms with Gasteiger partial charge in [-0.3, -0.25) is 4.79 Å². The average molecular weight is 463 g/mol. The maximum Gasteiger partial charge on any atom is 0.244 e. The molecule has 0 bridgehead atoms. The number of benzene rings is 3. The highest BCUT2D eigenvalue weighted by molar-refractivity contribution is 6.11. The van der Waals surface area contributed by atoms with Crippen LogP contribution < -0.4 is 5.32 Å². The predicted octanol–water partition coefficient (Wildman–Crippen LogP) is 1.19. The monoisotopic (exact) mass is 463 g/mol. The van der Waals surface area contributed by atoms with Crippen molar-refractivity contribution in [3.8, 4) is 5.75 Å². The Balaban J connectivity index is 1.71. The highest BCUT2D eigenvalue weighted by Gasteiger charge is 2.52. The molecule has 8 nitrogen and oxygen atoms in total. The van der Waals surface area contributed by atoms with Crippen molar-refractivity contribution < 1.29 is 35.1 Å². The first-order chi connectivity index (χ1) is 16.4. The standard InChI is InChI=1S/C26H25NO7/c28-13-20-21(30)22(31)23(32)24(34-20)14-10-11-19(29)17(12-14)26(15-6-2-1-3-7-15)16-8-4-5-9-18(16)27-25(26)33/h1-12,20-24,28-32H,13H2,(H,27,33)/t20-,21+,22+,23-,24+,26?/m1/s1. The Hall–Kier alpha value is -3.27. The van der Waals surface area contributed by atoms with Crippen LogP contribution in [-0.2, 0) is 14.9 Å². The SMILES string of the molecule is O=C1Nc2ccccc2C1(c1ccccc1)c1cc([C@@H]2O[C@H](CO)[C@H](O)[C@H](O)[C@H]2O)ccc1O. The summed E-state index contributed by atoms with van der Waals surface area (Å²) < 4.78 is 5.72. The maximum absolute atomic E-state index is 13.6. The number of aliphatic hydroxyl groups is 4. The number of phenolic OH excluding ortho intramolecular Hbond substituents is 1. The lowest BCUT2D eigenvalue weighted by molar-refractivity contribution is -0.231. The summed E-state index contributed by atoms with van der Waals surface area (Å²) in [6.07, 6.45) is -6.73. The van der Waals surface area contributed by atoms with Crippen LogP contribution >= 0.6 is 0 Å². The molecule has 5 rings (SSSR count). The van der Waals surface area contributed by atoms with Crippen LogP contribution in [0.15, 0.2) is 72.8 Å². The van der Waals surface area contributed by atoms with E-state index in [-0.39, 0.29) is 17.2 Å². The number of carbonyl (C=O) groups excluding carboxylic acids is 1. The minimum absolute atomic E-state index is 0.135. The Labute approximate surface area is 195 Å². The van der Waals surface area contributed by atoms with E-state index in [2.05, 4.69) is 5.32 Å². The number of fused-ring (bicyclic) bond motifs is 1. The molecule has 1 fully saturated rings. The zero-order chi connectivity index (χ0) is 24.0. The van der Waals surface area contributed by atoms with Crippen LogP contribution in [0.4, 0.5) is 5.69 Å². The van der Waals surface area contributed by atoms with Gasteiger partial charge in [-0.2, -0.15) is 0 Å². The second-order valence-electron chi connectivity index (χ2n) is 8.64. The van der Waals surface area contributed by atoms with Crippen LogP contribution in [0.5, 0.6) is 5.75 Å². The summed E-state index contributed by atoms with van der Waals surface area (Å²) in [5.74, 6) is -0.481. The van der Waals surface area contributed by atoms with Gasteiger partial charge in [0.15, 0.2) is 0 Å². The van der Waals surface area contributed by atoms with Crippen LogP contribution in [0.1, 0.15) is 28.4 Å². The summed E-state index contributed by atoms with van der Waals surface area (Å²) in [5.41, 5.74) is 1.18. The van der Waals surface area contributed by atoms with Crippen LogP contribution in [0, 0.1) is 0 Å². The van der Waals surface area contributed by atoms with Crippen molar-refractivity contribution in [3.63, 3.8) is 0 Å². The summed E-state index contributed by atoms with van der Waals surface area (Å²) in [6, 6.07) is 20.8. The van der Waals surface area contributed by atoms with Crippen LogP contribution in [0.3, 0.4) is 0 Å². The Kier molecular flexibility index (Phi) is 5.63. The van der Waals surface area contributed by atoms with Gasteiger partial charge in [0.25, 0.3) is 0 Å². The molecule has 176 valence electrons. The molecule has 0 aliphatic carbocycles. The van der Waals surface area contributed by atoms with Crippen molar-refractivity contribution in [1.29, 1.82) is 0 Å². The first-order valence-corrected chi connectivity index (χ1v) is 11.0. The highest BCUT2D eigenvalue weighted by Crippen LogP contribution is 2.50. The Bertz CT molecular complexity index is 1210. The van der Waals surface area contributed by atoms with Gasteiger partial charge >= 0.3 is 0 Å². The normalized spacial score (nSPS) is 30.6. The van der Waals surface area contributed by atoms with E-state index in [1.54, 1.807) is 12.1 Å². The summed E-state index contributed by atoms with van der Waals surface area (Å²) in [4.78, 5) is 13.6. The van der Waals surface area contributed by atoms with E-state index in [0.29, 0.717) is 22.4 Å². The number of anilines is 1. The molecule has 1 unspecified atom stereocenters. The molecule has 8 heteroatoms. The molecular weight excluding hydrogens is 438 g/mol. The molecule has 34 heavy (non-hydrogen) atoms. The fourth-order valence-electron chi connectivity index (χ4n) is 5.06. The predicted molar refractivity (Wildman–Crippen MR) is 122 cm³/mol. The number of aromatic hydroxyl groups is 1. The molecule has 0 saturated carbocycles. The van der Waals surface area contributed by atoms with Gasteiger partial charge in [0, 0.05) is 16.8 Å². The molecule has 0 aromatic heterocycles.